The van der Waals surface area contributed by atoms with Crippen molar-refractivity contribution in [1.29, 1.82) is 0 Å². The van der Waals surface area contributed by atoms with Crippen molar-refractivity contribution in [3.05, 3.63) is 30.1 Å². The van der Waals surface area contributed by atoms with Gasteiger partial charge in [-0.15, -0.1) is 0 Å². The van der Waals surface area contributed by atoms with E-state index in [1.54, 1.807) is 20.0 Å². The van der Waals surface area contributed by atoms with Crippen LogP contribution in [0.25, 0.3) is 0 Å². The summed E-state index contributed by atoms with van der Waals surface area (Å²) in [5.74, 6) is -0.367. The van der Waals surface area contributed by atoms with Gasteiger partial charge in [-0.2, -0.15) is 0 Å². The zero-order chi connectivity index (χ0) is 10.6. The number of rotatable bonds is 4. The van der Waals surface area contributed by atoms with Crippen LogP contribution < -0.4 is 11.1 Å². The zero-order valence-electron chi connectivity index (χ0n) is 8.45. The van der Waals surface area contributed by atoms with E-state index in [1.807, 2.05) is 18.2 Å². The summed E-state index contributed by atoms with van der Waals surface area (Å²) in [6.45, 7) is 4.04. The fraction of sp³-hybridized carbons (Fsp3) is 0.400. The highest BCUT2D eigenvalue weighted by Gasteiger charge is 2.23. The minimum Gasteiger partial charge on any atom is -0.368 e. The van der Waals surface area contributed by atoms with E-state index >= 15 is 0 Å². The molecule has 1 heterocycles. The number of amides is 1. The Morgan fingerprint density at radius 3 is 2.79 bits per heavy atom. The van der Waals surface area contributed by atoms with Crippen LogP contribution in [-0.2, 0) is 11.3 Å². The van der Waals surface area contributed by atoms with E-state index in [1.165, 1.54) is 0 Å². The lowest BCUT2D eigenvalue weighted by Gasteiger charge is -2.21. The van der Waals surface area contributed by atoms with Crippen molar-refractivity contribution in [3.8, 4) is 0 Å². The molecule has 1 amide bonds. The number of nitrogens with two attached hydrogens (primary N) is 1. The summed E-state index contributed by atoms with van der Waals surface area (Å²) in [6.07, 6.45) is 1.72. The van der Waals surface area contributed by atoms with E-state index in [4.69, 9.17) is 5.73 Å². The van der Waals surface area contributed by atoms with E-state index in [0.717, 1.165) is 5.69 Å². The molecule has 4 heteroatoms. The van der Waals surface area contributed by atoms with Crippen LogP contribution in [-0.4, -0.2) is 16.4 Å². The van der Waals surface area contributed by atoms with Crippen molar-refractivity contribution in [2.24, 2.45) is 5.73 Å². The second-order valence-corrected chi connectivity index (χ2v) is 3.66. The molecule has 14 heavy (non-hydrogen) atoms. The number of hydrogen-bond donors (Lipinski definition) is 2. The van der Waals surface area contributed by atoms with Gasteiger partial charge in [0.1, 0.15) is 0 Å². The first-order valence-electron chi connectivity index (χ1n) is 4.47. The largest absolute Gasteiger partial charge is 0.368 e. The highest BCUT2D eigenvalue weighted by Crippen LogP contribution is 2.02. The third-order valence-corrected chi connectivity index (χ3v) is 2.05. The van der Waals surface area contributed by atoms with Gasteiger partial charge in [0.05, 0.1) is 11.2 Å². The minimum atomic E-state index is -0.697. The molecule has 0 radical (unpaired) electrons. The van der Waals surface area contributed by atoms with E-state index < -0.39 is 5.54 Å². The molecule has 4 nitrogen and oxygen atoms in total. The molecule has 0 saturated heterocycles. The van der Waals surface area contributed by atoms with E-state index in [-0.39, 0.29) is 5.91 Å². The Balaban J connectivity index is 2.53. The molecule has 76 valence electrons. The summed E-state index contributed by atoms with van der Waals surface area (Å²) in [5.41, 5.74) is 5.41. The fourth-order valence-corrected chi connectivity index (χ4v) is 0.901. The van der Waals surface area contributed by atoms with Crippen molar-refractivity contribution >= 4 is 5.91 Å². The predicted octanol–water partition coefficient (Wildman–Crippen LogP) is 0.435. The quantitative estimate of drug-likeness (QED) is 0.729. The topological polar surface area (TPSA) is 68.0 Å². The first kappa shape index (κ1) is 10.7. The van der Waals surface area contributed by atoms with Gasteiger partial charge in [0.25, 0.3) is 0 Å². The van der Waals surface area contributed by atoms with Crippen LogP contribution in [0.15, 0.2) is 24.4 Å². The van der Waals surface area contributed by atoms with Gasteiger partial charge < -0.3 is 5.73 Å². The van der Waals surface area contributed by atoms with Crippen molar-refractivity contribution in [1.82, 2.24) is 10.3 Å². The Morgan fingerprint density at radius 2 is 2.29 bits per heavy atom. The maximum absolute atomic E-state index is 11.0. The molecule has 1 rings (SSSR count). The Labute approximate surface area is 83.5 Å². The van der Waals surface area contributed by atoms with Gasteiger partial charge in [-0.3, -0.25) is 15.1 Å². The molecular weight excluding hydrogens is 178 g/mol. The number of carbonyl (C=O) groups is 1. The summed E-state index contributed by atoms with van der Waals surface area (Å²) in [4.78, 5) is 15.1. The number of nitrogens with one attached hydrogen (secondary N) is 1. The van der Waals surface area contributed by atoms with Crippen LogP contribution in [0.4, 0.5) is 0 Å². The van der Waals surface area contributed by atoms with Gasteiger partial charge in [-0.1, -0.05) is 6.07 Å². The molecule has 0 saturated carbocycles. The van der Waals surface area contributed by atoms with Crippen molar-refractivity contribution in [3.63, 3.8) is 0 Å². The lowest BCUT2D eigenvalue weighted by molar-refractivity contribution is -0.123. The average molecular weight is 193 g/mol. The molecule has 0 bridgehead atoms. The van der Waals surface area contributed by atoms with Gasteiger partial charge in [-0.05, 0) is 26.0 Å². The summed E-state index contributed by atoms with van der Waals surface area (Å²) < 4.78 is 0. The van der Waals surface area contributed by atoms with Crippen LogP contribution in [0.3, 0.4) is 0 Å². The number of hydrogen-bond acceptors (Lipinski definition) is 3. The normalized spacial score (nSPS) is 11.3. The van der Waals surface area contributed by atoms with E-state index in [2.05, 4.69) is 10.3 Å². The molecule has 0 aliphatic carbocycles. The number of pyridine rings is 1. The maximum atomic E-state index is 11.0. The van der Waals surface area contributed by atoms with Gasteiger partial charge in [0.15, 0.2) is 0 Å². The van der Waals surface area contributed by atoms with Gasteiger partial charge >= 0.3 is 0 Å². The summed E-state index contributed by atoms with van der Waals surface area (Å²) >= 11 is 0. The molecule has 1 aromatic heterocycles. The van der Waals surface area contributed by atoms with Crippen LogP contribution in [0.1, 0.15) is 19.5 Å². The van der Waals surface area contributed by atoms with Crippen molar-refractivity contribution < 1.29 is 4.79 Å². The third kappa shape index (κ3) is 2.81. The highest BCUT2D eigenvalue weighted by molar-refractivity contribution is 5.83. The molecule has 0 aliphatic heterocycles. The van der Waals surface area contributed by atoms with E-state index in [9.17, 15) is 4.79 Å². The first-order valence-corrected chi connectivity index (χ1v) is 4.47. The first-order chi connectivity index (χ1) is 6.52. The summed E-state index contributed by atoms with van der Waals surface area (Å²) in [6, 6.07) is 5.65. The molecule has 3 N–H and O–H groups in total. The Hall–Kier alpha value is -1.42. The molecule has 0 unspecified atom stereocenters. The molecule has 0 fully saturated rings. The monoisotopic (exact) mass is 193 g/mol. The molecular formula is C10H15N3O. The number of primary amides is 1. The van der Waals surface area contributed by atoms with Crippen molar-refractivity contribution in [2.75, 3.05) is 0 Å². The van der Waals surface area contributed by atoms with Crippen LogP contribution in [0.2, 0.25) is 0 Å². The molecule has 0 atom stereocenters. The summed E-state index contributed by atoms with van der Waals surface area (Å²) in [5, 5.41) is 3.04. The lowest BCUT2D eigenvalue weighted by atomic mass is 10.1. The maximum Gasteiger partial charge on any atom is 0.237 e. The second kappa shape index (κ2) is 4.19. The molecule has 0 spiro atoms. The fourth-order valence-electron chi connectivity index (χ4n) is 0.901. The number of nitrogens with zero attached hydrogens (tertiary/aromatic N) is 1. The highest BCUT2D eigenvalue weighted by atomic mass is 16.1. The van der Waals surface area contributed by atoms with Crippen molar-refractivity contribution in [2.45, 2.75) is 25.9 Å². The van der Waals surface area contributed by atoms with Gasteiger partial charge in [-0.25, -0.2) is 0 Å². The van der Waals surface area contributed by atoms with Gasteiger partial charge in [0.2, 0.25) is 5.91 Å². The smallest absolute Gasteiger partial charge is 0.237 e. The lowest BCUT2D eigenvalue weighted by Crippen LogP contribution is -2.50. The third-order valence-electron chi connectivity index (χ3n) is 2.05. The number of carbonyl (C=O) groups excluding carboxylic acids is 1. The second-order valence-electron chi connectivity index (χ2n) is 3.66. The predicted molar refractivity (Wildman–Crippen MR) is 54.4 cm³/mol. The summed E-state index contributed by atoms with van der Waals surface area (Å²) in [7, 11) is 0. The molecule has 0 aliphatic rings. The average Bonchev–Trinajstić information content (AvgIpc) is 2.16. The Kier molecular flexibility index (Phi) is 3.19. The Bertz CT molecular complexity index is 308. The standard InChI is InChI=1S/C10H15N3O/c1-10(2,9(11)14)13-7-8-5-3-4-6-12-8/h3-6,13H,7H2,1-2H3,(H2,11,14). The minimum absolute atomic E-state index is 0.367. The molecule has 0 aromatic carbocycles. The number of aromatic nitrogens is 1. The van der Waals surface area contributed by atoms with Crippen LogP contribution in [0, 0.1) is 0 Å². The van der Waals surface area contributed by atoms with Crippen LogP contribution >= 0.6 is 0 Å². The zero-order valence-corrected chi connectivity index (χ0v) is 8.45. The van der Waals surface area contributed by atoms with E-state index in [0.29, 0.717) is 6.54 Å². The SMILES string of the molecule is CC(C)(NCc1ccccn1)C(N)=O. The van der Waals surface area contributed by atoms with Crippen LogP contribution in [0.5, 0.6) is 0 Å². The van der Waals surface area contributed by atoms with Gasteiger partial charge in [0, 0.05) is 12.7 Å². The Morgan fingerprint density at radius 1 is 1.57 bits per heavy atom. The molecule has 1 aromatic rings.